The second-order valence-electron chi connectivity index (χ2n) is 4.93. The van der Waals surface area contributed by atoms with E-state index in [9.17, 15) is 0 Å². The van der Waals surface area contributed by atoms with Gasteiger partial charge in [-0.15, -0.1) is 0 Å². The summed E-state index contributed by atoms with van der Waals surface area (Å²) in [5.74, 6) is 1.43. The van der Waals surface area contributed by atoms with Gasteiger partial charge in [-0.25, -0.2) is 0 Å². The zero-order chi connectivity index (χ0) is 15.6. The van der Waals surface area contributed by atoms with Crippen molar-refractivity contribution in [3.05, 3.63) is 40.2 Å². The van der Waals surface area contributed by atoms with E-state index in [1.54, 1.807) is 18.9 Å². The Kier molecular flexibility index (Phi) is 4.75. The van der Waals surface area contributed by atoms with Crippen molar-refractivity contribution in [1.82, 2.24) is 9.78 Å². The predicted octanol–water partition coefficient (Wildman–Crippen LogP) is 2.64. The molecule has 0 radical (unpaired) electrons. The van der Waals surface area contributed by atoms with Crippen molar-refractivity contribution in [3.8, 4) is 11.5 Å². The first kappa shape index (κ1) is 15.7. The summed E-state index contributed by atoms with van der Waals surface area (Å²) in [7, 11) is 5.10. The minimum atomic E-state index is -0.221. The molecule has 6 heteroatoms. The Bertz CT molecular complexity index is 618. The van der Waals surface area contributed by atoms with Gasteiger partial charge in [0.15, 0.2) is 0 Å². The predicted molar refractivity (Wildman–Crippen MR) is 83.1 cm³/mol. The largest absolute Gasteiger partial charge is 0.497 e. The average molecular weight is 310 g/mol. The topological polar surface area (TPSA) is 62.3 Å². The van der Waals surface area contributed by atoms with Crippen LogP contribution in [0.4, 0.5) is 0 Å². The van der Waals surface area contributed by atoms with Crippen LogP contribution in [0.3, 0.4) is 0 Å². The van der Waals surface area contributed by atoms with Gasteiger partial charge in [-0.2, -0.15) is 5.10 Å². The third-order valence-electron chi connectivity index (χ3n) is 3.48. The van der Waals surface area contributed by atoms with Crippen LogP contribution in [0.15, 0.2) is 18.2 Å². The summed E-state index contributed by atoms with van der Waals surface area (Å²) in [6.07, 6.45) is 0.590. The molecule has 0 amide bonds. The molecular weight excluding hydrogens is 290 g/mol. The first-order valence-corrected chi connectivity index (χ1v) is 7.00. The Labute approximate surface area is 129 Å². The van der Waals surface area contributed by atoms with E-state index in [4.69, 9.17) is 26.8 Å². The summed E-state index contributed by atoms with van der Waals surface area (Å²) in [4.78, 5) is 0. The van der Waals surface area contributed by atoms with Gasteiger partial charge in [-0.3, -0.25) is 4.68 Å². The van der Waals surface area contributed by atoms with Gasteiger partial charge in [0.1, 0.15) is 11.5 Å². The standard InChI is InChI=1S/C15H20ClN3O2/c1-9-15(16)14(19(2)18-9)8-13(17)10-5-11(20-3)7-12(6-10)21-4/h5-7,13H,8,17H2,1-4H3. The molecule has 0 saturated heterocycles. The van der Waals surface area contributed by atoms with Crippen LogP contribution in [-0.4, -0.2) is 24.0 Å². The number of hydrogen-bond acceptors (Lipinski definition) is 4. The maximum atomic E-state index is 6.31. The van der Waals surface area contributed by atoms with Crippen LogP contribution in [0.25, 0.3) is 0 Å². The molecule has 5 nitrogen and oxygen atoms in total. The molecule has 0 aliphatic heterocycles. The lowest BCUT2D eigenvalue weighted by atomic mass is 10.0. The van der Waals surface area contributed by atoms with Gasteiger partial charge in [0, 0.05) is 25.6 Å². The highest BCUT2D eigenvalue weighted by Crippen LogP contribution is 2.29. The number of halogens is 1. The van der Waals surface area contributed by atoms with Crippen LogP contribution in [0, 0.1) is 6.92 Å². The molecule has 0 saturated carbocycles. The van der Waals surface area contributed by atoms with Gasteiger partial charge < -0.3 is 15.2 Å². The number of aromatic nitrogens is 2. The van der Waals surface area contributed by atoms with Crippen molar-refractivity contribution < 1.29 is 9.47 Å². The molecule has 1 aromatic heterocycles. The van der Waals surface area contributed by atoms with Crippen molar-refractivity contribution in [2.24, 2.45) is 12.8 Å². The van der Waals surface area contributed by atoms with Crippen LogP contribution in [0.5, 0.6) is 11.5 Å². The lowest BCUT2D eigenvalue weighted by molar-refractivity contribution is 0.392. The SMILES string of the molecule is COc1cc(OC)cc(C(N)Cc2c(Cl)c(C)nn2C)c1. The zero-order valence-corrected chi connectivity index (χ0v) is 13.4. The summed E-state index contributed by atoms with van der Waals surface area (Å²) in [6, 6.07) is 5.41. The van der Waals surface area contributed by atoms with E-state index in [1.807, 2.05) is 32.2 Å². The van der Waals surface area contributed by atoms with E-state index >= 15 is 0 Å². The molecule has 0 aliphatic rings. The van der Waals surface area contributed by atoms with E-state index in [2.05, 4.69) is 5.10 Å². The first-order chi connectivity index (χ1) is 9.96. The number of benzene rings is 1. The smallest absolute Gasteiger partial charge is 0.122 e. The number of nitrogens with two attached hydrogens (primary N) is 1. The minimum absolute atomic E-state index is 0.221. The zero-order valence-electron chi connectivity index (χ0n) is 12.7. The highest BCUT2D eigenvalue weighted by Gasteiger charge is 2.17. The van der Waals surface area contributed by atoms with E-state index in [0.717, 1.165) is 17.0 Å². The van der Waals surface area contributed by atoms with Crippen molar-refractivity contribution in [2.75, 3.05) is 14.2 Å². The number of ether oxygens (including phenoxy) is 2. The fraction of sp³-hybridized carbons (Fsp3) is 0.400. The molecule has 1 aromatic carbocycles. The maximum Gasteiger partial charge on any atom is 0.122 e. The first-order valence-electron chi connectivity index (χ1n) is 6.62. The molecule has 0 bridgehead atoms. The molecule has 0 aliphatic carbocycles. The Morgan fingerprint density at radius 3 is 2.24 bits per heavy atom. The average Bonchev–Trinajstić information content (AvgIpc) is 2.72. The minimum Gasteiger partial charge on any atom is -0.497 e. The monoisotopic (exact) mass is 309 g/mol. The van der Waals surface area contributed by atoms with Crippen molar-refractivity contribution >= 4 is 11.6 Å². The Hall–Kier alpha value is -1.72. The van der Waals surface area contributed by atoms with Crippen molar-refractivity contribution in [1.29, 1.82) is 0 Å². The van der Waals surface area contributed by atoms with Crippen LogP contribution in [0.2, 0.25) is 5.02 Å². The molecule has 2 N–H and O–H groups in total. The van der Waals surface area contributed by atoms with Crippen LogP contribution < -0.4 is 15.2 Å². The lowest BCUT2D eigenvalue weighted by Crippen LogP contribution is -2.16. The number of rotatable bonds is 5. The van der Waals surface area contributed by atoms with E-state index in [1.165, 1.54) is 0 Å². The summed E-state index contributed by atoms with van der Waals surface area (Å²) in [5.41, 5.74) is 8.97. The quantitative estimate of drug-likeness (QED) is 0.922. The number of hydrogen-bond donors (Lipinski definition) is 1. The summed E-state index contributed by atoms with van der Waals surface area (Å²) < 4.78 is 12.3. The summed E-state index contributed by atoms with van der Waals surface area (Å²) in [6.45, 7) is 1.88. The third kappa shape index (κ3) is 3.31. The fourth-order valence-electron chi connectivity index (χ4n) is 2.27. The third-order valence-corrected chi connectivity index (χ3v) is 3.97. The maximum absolute atomic E-state index is 6.31. The van der Waals surface area contributed by atoms with Crippen LogP contribution in [0.1, 0.15) is 23.0 Å². The molecule has 2 rings (SSSR count). The second-order valence-corrected chi connectivity index (χ2v) is 5.30. The molecule has 1 unspecified atom stereocenters. The highest BCUT2D eigenvalue weighted by molar-refractivity contribution is 6.31. The Morgan fingerprint density at radius 2 is 1.81 bits per heavy atom. The van der Waals surface area contributed by atoms with Gasteiger partial charge in [0.25, 0.3) is 0 Å². The van der Waals surface area contributed by atoms with Gasteiger partial charge >= 0.3 is 0 Å². The van der Waals surface area contributed by atoms with Crippen LogP contribution >= 0.6 is 11.6 Å². The molecule has 1 heterocycles. The highest BCUT2D eigenvalue weighted by atomic mass is 35.5. The van der Waals surface area contributed by atoms with E-state index < -0.39 is 0 Å². The molecular formula is C15H20ClN3O2. The molecule has 1 atom stereocenters. The molecule has 0 spiro atoms. The lowest BCUT2D eigenvalue weighted by Gasteiger charge is -2.15. The number of aryl methyl sites for hydroxylation is 2. The summed E-state index contributed by atoms with van der Waals surface area (Å²) >= 11 is 6.27. The fourth-order valence-corrected chi connectivity index (χ4v) is 2.51. The number of nitrogens with zero attached hydrogens (tertiary/aromatic N) is 2. The second kappa shape index (κ2) is 6.37. The van der Waals surface area contributed by atoms with Gasteiger partial charge in [0.2, 0.25) is 0 Å². The molecule has 0 fully saturated rings. The molecule has 21 heavy (non-hydrogen) atoms. The van der Waals surface area contributed by atoms with Gasteiger partial charge in [-0.05, 0) is 24.6 Å². The normalized spacial score (nSPS) is 12.3. The number of methoxy groups -OCH3 is 2. The van der Waals surface area contributed by atoms with Crippen molar-refractivity contribution in [2.45, 2.75) is 19.4 Å². The van der Waals surface area contributed by atoms with E-state index in [-0.39, 0.29) is 6.04 Å². The van der Waals surface area contributed by atoms with Gasteiger partial charge in [-0.1, -0.05) is 11.6 Å². The van der Waals surface area contributed by atoms with Crippen LogP contribution in [-0.2, 0) is 13.5 Å². The Balaban J connectivity index is 2.29. The Morgan fingerprint density at radius 1 is 1.24 bits per heavy atom. The van der Waals surface area contributed by atoms with Gasteiger partial charge in [0.05, 0.1) is 30.6 Å². The summed E-state index contributed by atoms with van der Waals surface area (Å²) in [5, 5.41) is 4.97. The van der Waals surface area contributed by atoms with E-state index in [0.29, 0.717) is 22.9 Å². The molecule has 2 aromatic rings. The van der Waals surface area contributed by atoms with Crippen molar-refractivity contribution in [3.63, 3.8) is 0 Å². The molecule has 114 valence electrons.